The number of aliphatic hydroxyl groups is 1. The van der Waals surface area contributed by atoms with E-state index in [2.05, 4.69) is 13.8 Å². The summed E-state index contributed by atoms with van der Waals surface area (Å²) in [5, 5.41) is 21.9. The van der Waals surface area contributed by atoms with Crippen molar-refractivity contribution in [2.45, 2.75) is 69.3 Å². The fourth-order valence-electron chi connectivity index (χ4n) is 5.38. The van der Waals surface area contributed by atoms with Crippen molar-refractivity contribution >= 4 is 9.35 Å². The molecule has 0 aromatic heterocycles. The van der Waals surface area contributed by atoms with Crippen molar-refractivity contribution in [1.82, 2.24) is 0 Å². The fraction of sp³-hybridized carbons (Fsp3) is 0.538. The maximum absolute atomic E-state index is 14.4. The molecule has 2 aromatic rings. The zero-order valence-corrected chi connectivity index (χ0v) is 20.5. The molecule has 0 saturated heterocycles. The lowest BCUT2D eigenvalue weighted by molar-refractivity contribution is 0.0119. The molecule has 0 bridgehead atoms. The molecular weight excluding hydrogens is 424 g/mol. The van der Waals surface area contributed by atoms with Gasteiger partial charge in [-0.3, -0.25) is 4.55 Å². The van der Waals surface area contributed by atoms with Crippen molar-refractivity contribution in [3.8, 4) is 11.5 Å². The number of methoxy groups -OCH3 is 1. The summed E-state index contributed by atoms with van der Waals surface area (Å²) in [6.45, 7) is 4.21. The Labute approximate surface area is 192 Å². The highest BCUT2D eigenvalue weighted by Crippen LogP contribution is 2.54. The number of aromatic hydroxyl groups is 1. The van der Waals surface area contributed by atoms with Crippen LogP contribution in [0.3, 0.4) is 0 Å². The summed E-state index contributed by atoms with van der Waals surface area (Å²) in [7, 11) is -2.76. The lowest BCUT2D eigenvalue weighted by Crippen LogP contribution is -2.48. The molecule has 2 aromatic carbocycles. The first-order valence-electron chi connectivity index (χ1n) is 11.6. The summed E-state index contributed by atoms with van der Waals surface area (Å²) < 4.78 is 31.6. The van der Waals surface area contributed by atoms with Crippen LogP contribution in [0.1, 0.15) is 69.4 Å². The van der Waals surface area contributed by atoms with Crippen molar-refractivity contribution in [1.29, 1.82) is 0 Å². The van der Waals surface area contributed by atoms with E-state index in [-0.39, 0.29) is 11.5 Å². The third kappa shape index (κ3) is 4.73. The van der Waals surface area contributed by atoms with Gasteiger partial charge in [-0.15, -0.1) is 0 Å². The SMILES string of the molecule is CCCCC1(CCCC)CS(C)(=O)(O)c2cc(OC)ccc2[C@@H](c2ccc(O)cc2)C1O. The zero-order valence-electron chi connectivity index (χ0n) is 19.7. The van der Waals surface area contributed by atoms with Crippen molar-refractivity contribution in [2.24, 2.45) is 5.41 Å². The van der Waals surface area contributed by atoms with Gasteiger partial charge < -0.3 is 14.9 Å². The van der Waals surface area contributed by atoms with E-state index in [9.17, 15) is 19.0 Å². The van der Waals surface area contributed by atoms with Gasteiger partial charge in [-0.05, 0) is 42.2 Å². The first-order chi connectivity index (χ1) is 15.0. The number of phenolic OH excluding ortho intramolecular Hbond substituents is 1. The monoisotopic (exact) mass is 462 g/mol. The summed E-state index contributed by atoms with van der Waals surface area (Å²) in [5.41, 5.74) is 0.776. The van der Waals surface area contributed by atoms with E-state index >= 15 is 0 Å². The topological polar surface area (TPSA) is 87.0 Å². The van der Waals surface area contributed by atoms with Gasteiger partial charge in [-0.2, -0.15) is 9.35 Å². The van der Waals surface area contributed by atoms with Crippen molar-refractivity contribution in [3.63, 3.8) is 0 Å². The van der Waals surface area contributed by atoms with Crippen LogP contribution in [0.25, 0.3) is 0 Å². The Bertz CT molecular complexity index is 984. The lowest BCUT2D eigenvalue weighted by Gasteiger charge is -2.48. The van der Waals surface area contributed by atoms with E-state index in [4.69, 9.17) is 4.74 Å². The van der Waals surface area contributed by atoms with E-state index in [0.717, 1.165) is 31.2 Å². The molecule has 1 aliphatic heterocycles. The molecule has 178 valence electrons. The van der Waals surface area contributed by atoms with E-state index in [1.54, 1.807) is 43.5 Å². The van der Waals surface area contributed by atoms with Crippen LogP contribution in [0.4, 0.5) is 0 Å². The van der Waals surface area contributed by atoms with Gasteiger partial charge in [0.1, 0.15) is 11.5 Å². The van der Waals surface area contributed by atoms with E-state index in [1.165, 1.54) is 6.26 Å². The molecule has 0 spiro atoms. The highest BCUT2D eigenvalue weighted by atomic mass is 32.3. The summed E-state index contributed by atoms with van der Waals surface area (Å²) in [6.07, 6.45) is 5.65. The van der Waals surface area contributed by atoms with Gasteiger partial charge in [0.15, 0.2) is 0 Å². The van der Waals surface area contributed by atoms with Gasteiger partial charge in [-0.1, -0.05) is 57.7 Å². The maximum Gasteiger partial charge on any atom is 0.120 e. The molecule has 1 aliphatic rings. The molecule has 3 N–H and O–H groups in total. The first kappa shape index (κ1) is 24.7. The zero-order chi connectivity index (χ0) is 23.6. The summed E-state index contributed by atoms with van der Waals surface area (Å²) in [5.74, 6) is 0.214. The lowest BCUT2D eigenvalue weighted by atomic mass is 9.68. The molecule has 3 rings (SSSR count). The number of benzene rings is 2. The Balaban J connectivity index is 2.32. The van der Waals surface area contributed by atoms with Crippen LogP contribution in [0.5, 0.6) is 11.5 Å². The molecule has 0 fully saturated rings. The van der Waals surface area contributed by atoms with Crippen LogP contribution >= 0.6 is 0 Å². The number of hydrogen-bond acceptors (Lipinski definition) is 4. The number of aliphatic hydroxyl groups excluding tert-OH is 1. The minimum absolute atomic E-state index is 0.0279. The van der Waals surface area contributed by atoms with Crippen molar-refractivity contribution < 1.29 is 23.7 Å². The standard InChI is InChI=1S/C26H38O5S/c1-5-7-15-26(16-8-6-2)18-32(4,29,30)23-17-21(31-3)13-14-22(23)24(25(26)28)19-9-11-20(27)12-10-19/h9-14,17,24-25,27-28H,5-8,15-16,18H2,1-4H3,(H,29,30)/t24-,25?/m1/s1. The molecule has 0 amide bonds. The second-order valence-electron chi connectivity index (χ2n) is 9.61. The predicted molar refractivity (Wildman–Crippen MR) is 130 cm³/mol. The summed E-state index contributed by atoms with van der Waals surface area (Å²) in [4.78, 5) is 0.355. The molecule has 0 aliphatic carbocycles. The first-order valence-corrected chi connectivity index (χ1v) is 14.1. The highest BCUT2D eigenvalue weighted by Gasteiger charge is 2.51. The van der Waals surface area contributed by atoms with Gasteiger partial charge in [0.25, 0.3) is 0 Å². The van der Waals surface area contributed by atoms with E-state index in [0.29, 0.717) is 29.1 Å². The van der Waals surface area contributed by atoms with Crippen LogP contribution in [0.15, 0.2) is 47.4 Å². The fourth-order valence-corrected chi connectivity index (χ4v) is 8.57. The van der Waals surface area contributed by atoms with Gasteiger partial charge in [0.05, 0.1) is 18.1 Å². The number of ether oxygens (including phenoxy) is 1. The van der Waals surface area contributed by atoms with E-state index < -0.39 is 26.8 Å². The van der Waals surface area contributed by atoms with E-state index in [1.807, 2.05) is 6.07 Å². The molecule has 0 radical (unpaired) electrons. The number of unbranched alkanes of at least 4 members (excludes halogenated alkanes) is 2. The third-order valence-electron chi connectivity index (χ3n) is 7.00. The second-order valence-corrected chi connectivity index (χ2v) is 13.3. The number of hydrogen-bond donors (Lipinski definition) is 3. The highest BCUT2D eigenvalue weighted by molar-refractivity contribution is 8.14. The molecule has 1 unspecified atom stereocenters. The smallest absolute Gasteiger partial charge is 0.120 e. The minimum atomic E-state index is -4.30. The molecule has 2 atom stereocenters. The van der Waals surface area contributed by atoms with Gasteiger partial charge in [0, 0.05) is 29.4 Å². The van der Waals surface area contributed by atoms with Crippen molar-refractivity contribution in [3.05, 3.63) is 53.6 Å². The van der Waals surface area contributed by atoms with Gasteiger partial charge in [-0.25, -0.2) is 4.21 Å². The molecule has 32 heavy (non-hydrogen) atoms. The van der Waals surface area contributed by atoms with Gasteiger partial charge in [0.2, 0.25) is 0 Å². The Hall–Kier alpha value is -1.89. The largest absolute Gasteiger partial charge is 0.508 e. The van der Waals surface area contributed by atoms with Crippen LogP contribution in [0, 0.1) is 5.41 Å². The third-order valence-corrected chi connectivity index (χ3v) is 9.73. The summed E-state index contributed by atoms with van der Waals surface area (Å²) >= 11 is 0. The molecule has 1 heterocycles. The Morgan fingerprint density at radius 1 is 1.06 bits per heavy atom. The quantitative estimate of drug-likeness (QED) is 0.478. The molecular formula is C26H38O5S. The van der Waals surface area contributed by atoms with Crippen LogP contribution < -0.4 is 4.74 Å². The Morgan fingerprint density at radius 2 is 1.66 bits per heavy atom. The predicted octanol–water partition coefficient (Wildman–Crippen LogP) is 5.56. The normalized spacial score (nSPS) is 24.5. The number of rotatable bonds is 8. The Kier molecular flexibility index (Phi) is 7.08. The number of phenols is 1. The second kappa shape index (κ2) is 9.16. The van der Waals surface area contributed by atoms with Crippen LogP contribution in [0.2, 0.25) is 0 Å². The minimum Gasteiger partial charge on any atom is -0.508 e. The molecule has 6 heteroatoms. The Morgan fingerprint density at radius 3 is 2.19 bits per heavy atom. The van der Waals surface area contributed by atoms with Crippen LogP contribution in [-0.2, 0) is 9.35 Å². The van der Waals surface area contributed by atoms with Crippen molar-refractivity contribution in [2.75, 3.05) is 19.1 Å². The molecule has 5 nitrogen and oxygen atoms in total. The van der Waals surface area contributed by atoms with Gasteiger partial charge >= 0.3 is 0 Å². The molecule has 0 saturated carbocycles. The van der Waals surface area contributed by atoms with Crippen LogP contribution in [-0.4, -0.2) is 44.2 Å². The number of fused-ring (bicyclic) bond motifs is 1. The average Bonchev–Trinajstić information content (AvgIpc) is 2.81. The maximum atomic E-state index is 14.4. The average molecular weight is 463 g/mol. The summed E-state index contributed by atoms with van der Waals surface area (Å²) in [6, 6.07) is 12.1.